The lowest BCUT2D eigenvalue weighted by Crippen LogP contribution is -2.28. The van der Waals surface area contributed by atoms with Gasteiger partial charge in [0.05, 0.1) is 6.42 Å². The van der Waals surface area contributed by atoms with Crippen LogP contribution in [0, 0.1) is 5.92 Å². The van der Waals surface area contributed by atoms with Crippen LogP contribution in [0.5, 0.6) is 0 Å². The monoisotopic (exact) mass is 201 g/mol. The Balaban J connectivity index is 3.46. The average molecular weight is 201 g/mol. The molecule has 0 aliphatic heterocycles. The molecular formula is C11H23NO2. The summed E-state index contributed by atoms with van der Waals surface area (Å²) in [6.07, 6.45) is 0.448. The predicted molar refractivity (Wildman–Crippen MR) is 58.2 cm³/mol. The van der Waals surface area contributed by atoms with Gasteiger partial charge in [-0.05, 0) is 33.2 Å². The summed E-state index contributed by atoms with van der Waals surface area (Å²) in [5.74, 6) is 0.488. The number of hydrogen-bond donors (Lipinski definition) is 1. The van der Waals surface area contributed by atoms with Gasteiger partial charge in [0, 0.05) is 6.54 Å². The summed E-state index contributed by atoms with van der Waals surface area (Å²) >= 11 is 0. The molecule has 0 aliphatic carbocycles. The van der Waals surface area contributed by atoms with Gasteiger partial charge in [0.25, 0.3) is 0 Å². The van der Waals surface area contributed by atoms with E-state index in [0.29, 0.717) is 18.9 Å². The van der Waals surface area contributed by atoms with E-state index in [1.54, 1.807) is 0 Å². The highest BCUT2D eigenvalue weighted by Gasteiger charge is 2.15. The van der Waals surface area contributed by atoms with E-state index >= 15 is 0 Å². The van der Waals surface area contributed by atoms with Crippen molar-refractivity contribution in [2.75, 3.05) is 13.1 Å². The van der Waals surface area contributed by atoms with Crippen LogP contribution in [-0.2, 0) is 9.53 Å². The summed E-state index contributed by atoms with van der Waals surface area (Å²) in [7, 11) is 0. The second-order valence-corrected chi connectivity index (χ2v) is 4.93. The highest BCUT2D eigenvalue weighted by atomic mass is 16.6. The zero-order chi connectivity index (χ0) is 11.2. The summed E-state index contributed by atoms with van der Waals surface area (Å²) in [6, 6.07) is 0. The van der Waals surface area contributed by atoms with Crippen molar-refractivity contribution < 1.29 is 9.53 Å². The van der Waals surface area contributed by atoms with Crippen LogP contribution in [0.1, 0.15) is 41.0 Å². The molecule has 3 nitrogen and oxygen atoms in total. The molecule has 0 saturated carbocycles. The van der Waals surface area contributed by atoms with E-state index in [4.69, 9.17) is 4.74 Å². The van der Waals surface area contributed by atoms with Crippen LogP contribution in [0.15, 0.2) is 0 Å². The lowest BCUT2D eigenvalue weighted by atomic mass is 10.2. The molecule has 0 spiro atoms. The van der Waals surface area contributed by atoms with E-state index in [1.165, 1.54) is 0 Å². The standard InChI is InChI=1S/C11H23NO2/c1-9(2)8-12-7-6-10(13)14-11(3,4)5/h9,12H,6-8H2,1-5H3. The molecule has 84 valence electrons. The quantitative estimate of drug-likeness (QED) is 0.546. The van der Waals surface area contributed by atoms with Crippen molar-refractivity contribution in [2.45, 2.75) is 46.6 Å². The lowest BCUT2D eigenvalue weighted by Gasteiger charge is -2.19. The molecule has 0 heterocycles. The van der Waals surface area contributed by atoms with Crippen molar-refractivity contribution in [2.24, 2.45) is 5.92 Å². The highest BCUT2D eigenvalue weighted by Crippen LogP contribution is 2.07. The van der Waals surface area contributed by atoms with Crippen LogP contribution in [0.4, 0.5) is 0 Å². The molecule has 0 aromatic rings. The van der Waals surface area contributed by atoms with E-state index in [0.717, 1.165) is 6.54 Å². The highest BCUT2D eigenvalue weighted by molar-refractivity contribution is 5.70. The first-order chi connectivity index (χ1) is 6.31. The summed E-state index contributed by atoms with van der Waals surface area (Å²) in [5.41, 5.74) is -0.366. The normalized spacial score (nSPS) is 11.9. The van der Waals surface area contributed by atoms with Crippen LogP contribution in [0.2, 0.25) is 0 Å². The van der Waals surface area contributed by atoms with Gasteiger partial charge < -0.3 is 10.1 Å². The average Bonchev–Trinajstić information content (AvgIpc) is 1.94. The van der Waals surface area contributed by atoms with Gasteiger partial charge in [-0.15, -0.1) is 0 Å². The fraction of sp³-hybridized carbons (Fsp3) is 0.909. The minimum atomic E-state index is -0.366. The molecule has 1 N–H and O–H groups in total. The summed E-state index contributed by atoms with van der Waals surface area (Å²) in [6.45, 7) is 11.6. The van der Waals surface area contributed by atoms with Crippen LogP contribution in [0.25, 0.3) is 0 Å². The van der Waals surface area contributed by atoms with Crippen molar-refractivity contribution in [1.29, 1.82) is 0 Å². The topological polar surface area (TPSA) is 38.3 Å². The molecule has 0 radical (unpaired) electrons. The van der Waals surface area contributed by atoms with Gasteiger partial charge in [-0.2, -0.15) is 0 Å². The van der Waals surface area contributed by atoms with Crippen molar-refractivity contribution >= 4 is 5.97 Å². The van der Waals surface area contributed by atoms with Crippen LogP contribution in [-0.4, -0.2) is 24.7 Å². The number of rotatable bonds is 5. The molecule has 0 atom stereocenters. The first kappa shape index (κ1) is 13.4. The van der Waals surface area contributed by atoms with Crippen LogP contribution < -0.4 is 5.32 Å². The number of nitrogens with one attached hydrogen (secondary N) is 1. The molecular weight excluding hydrogens is 178 g/mol. The first-order valence-corrected chi connectivity index (χ1v) is 5.24. The van der Waals surface area contributed by atoms with Crippen molar-refractivity contribution in [3.05, 3.63) is 0 Å². The Morgan fingerprint density at radius 2 is 1.93 bits per heavy atom. The number of carbonyl (C=O) groups is 1. The van der Waals surface area contributed by atoms with Crippen molar-refractivity contribution in [1.82, 2.24) is 5.32 Å². The van der Waals surface area contributed by atoms with E-state index in [-0.39, 0.29) is 11.6 Å². The summed E-state index contributed by atoms with van der Waals surface area (Å²) in [4.78, 5) is 11.2. The number of carbonyl (C=O) groups excluding carboxylic acids is 1. The lowest BCUT2D eigenvalue weighted by molar-refractivity contribution is -0.154. The van der Waals surface area contributed by atoms with Crippen LogP contribution >= 0.6 is 0 Å². The SMILES string of the molecule is CC(C)CNCCC(=O)OC(C)(C)C. The fourth-order valence-corrected chi connectivity index (χ4v) is 0.974. The number of hydrogen-bond acceptors (Lipinski definition) is 3. The molecule has 14 heavy (non-hydrogen) atoms. The fourth-order valence-electron chi connectivity index (χ4n) is 0.974. The molecule has 0 rings (SSSR count). The van der Waals surface area contributed by atoms with Gasteiger partial charge in [0.15, 0.2) is 0 Å². The number of ether oxygens (including phenoxy) is 1. The molecule has 0 bridgehead atoms. The number of esters is 1. The second kappa shape index (κ2) is 6.02. The Labute approximate surface area is 87.2 Å². The first-order valence-electron chi connectivity index (χ1n) is 5.24. The smallest absolute Gasteiger partial charge is 0.307 e. The molecule has 0 aliphatic rings. The molecule has 0 aromatic carbocycles. The third-order valence-electron chi connectivity index (χ3n) is 1.48. The summed E-state index contributed by atoms with van der Waals surface area (Å²) in [5, 5.41) is 3.20. The maximum absolute atomic E-state index is 11.2. The van der Waals surface area contributed by atoms with Gasteiger partial charge in [-0.25, -0.2) is 0 Å². The van der Waals surface area contributed by atoms with Crippen molar-refractivity contribution in [3.63, 3.8) is 0 Å². The Morgan fingerprint density at radius 1 is 1.36 bits per heavy atom. The molecule has 3 heteroatoms. The second-order valence-electron chi connectivity index (χ2n) is 4.93. The van der Waals surface area contributed by atoms with E-state index < -0.39 is 0 Å². The zero-order valence-electron chi connectivity index (χ0n) is 10.0. The van der Waals surface area contributed by atoms with E-state index in [2.05, 4.69) is 19.2 Å². The van der Waals surface area contributed by atoms with Gasteiger partial charge in [0.2, 0.25) is 0 Å². The van der Waals surface area contributed by atoms with Gasteiger partial charge in [0.1, 0.15) is 5.60 Å². The molecule has 0 saturated heterocycles. The Morgan fingerprint density at radius 3 is 2.36 bits per heavy atom. The molecule has 0 fully saturated rings. The third-order valence-corrected chi connectivity index (χ3v) is 1.48. The van der Waals surface area contributed by atoms with Gasteiger partial charge >= 0.3 is 5.97 Å². The minimum Gasteiger partial charge on any atom is -0.460 e. The maximum Gasteiger partial charge on any atom is 0.307 e. The maximum atomic E-state index is 11.2. The Hall–Kier alpha value is -0.570. The molecule has 0 amide bonds. The zero-order valence-corrected chi connectivity index (χ0v) is 10.0. The predicted octanol–water partition coefficient (Wildman–Crippen LogP) is 1.96. The van der Waals surface area contributed by atoms with E-state index in [1.807, 2.05) is 20.8 Å². The largest absolute Gasteiger partial charge is 0.460 e. The minimum absolute atomic E-state index is 0.131. The van der Waals surface area contributed by atoms with E-state index in [9.17, 15) is 4.79 Å². The summed E-state index contributed by atoms with van der Waals surface area (Å²) < 4.78 is 5.17. The van der Waals surface area contributed by atoms with Gasteiger partial charge in [-0.1, -0.05) is 13.8 Å². The molecule has 0 aromatic heterocycles. The van der Waals surface area contributed by atoms with Crippen LogP contribution in [0.3, 0.4) is 0 Å². The van der Waals surface area contributed by atoms with Crippen molar-refractivity contribution in [3.8, 4) is 0 Å². The third kappa shape index (κ3) is 9.52. The van der Waals surface area contributed by atoms with Gasteiger partial charge in [-0.3, -0.25) is 4.79 Å². The Bertz CT molecular complexity index is 171. The molecule has 0 unspecified atom stereocenters. The Kier molecular flexibility index (Phi) is 5.77.